The molecule has 0 bridgehead atoms. The molecule has 4 rings (SSSR count). The summed E-state index contributed by atoms with van der Waals surface area (Å²) in [4.78, 5) is 14.8. The van der Waals surface area contributed by atoms with Crippen LogP contribution in [0.1, 0.15) is 64.7 Å². The van der Waals surface area contributed by atoms with Crippen molar-refractivity contribution in [2.75, 3.05) is 0 Å². The van der Waals surface area contributed by atoms with Crippen LogP contribution in [0.5, 0.6) is 5.75 Å². The molecule has 2 N–H and O–H groups in total. The SMILES string of the molecule is CCC(Cc1ccccc1)c1cc(O)c(C(c2ccc(CO)s2)C2CC2)c(=O)o1. The number of thiophene rings is 1. The number of hydrogen-bond donors (Lipinski definition) is 2. The second-order valence-corrected chi connectivity index (χ2v) is 9.01. The van der Waals surface area contributed by atoms with Gasteiger partial charge in [0, 0.05) is 27.7 Å². The molecular weight excluding hydrogens is 384 g/mol. The number of hydrogen-bond acceptors (Lipinski definition) is 5. The zero-order valence-corrected chi connectivity index (χ0v) is 17.3. The van der Waals surface area contributed by atoms with E-state index in [2.05, 4.69) is 19.1 Å². The lowest BCUT2D eigenvalue weighted by Crippen LogP contribution is -2.17. The molecule has 2 heterocycles. The molecule has 1 saturated carbocycles. The summed E-state index contributed by atoms with van der Waals surface area (Å²) in [6, 6.07) is 15.6. The number of aromatic hydroxyl groups is 1. The van der Waals surface area contributed by atoms with Crippen molar-refractivity contribution in [1.82, 2.24) is 0 Å². The zero-order chi connectivity index (χ0) is 20.4. The summed E-state index contributed by atoms with van der Waals surface area (Å²) in [6.07, 6.45) is 3.63. The fourth-order valence-electron chi connectivity index (χ4n) is 4.03. The molecular formula is C24H26O4S. The number of rotatable bonds is 8. The Morgan fingerprint density at radius 2 is 1.93 bits per heavy atom. The summed E-state index contributed by atoms with van der Waals surface area (Å²) in [5.41, 5.74) is 1.09. The first-order chi connectivity index (χ1) is 14.1. The normalized spacial score (nSPS) is 15.9. The van der Waals surface area contributed by atoms with Crippen LogP contribution in [0.3, 0.4) is 0 Å². The van der Waals surface area contributed by atoms with Gasteiger partial charge in [-0.1, -0.05) is 37.3 Å². The van der Waals surface area contributed by atoms with E-state index >= 15 is 0 Å². The van der Waals surface area contributed by atoms with Gasteiger partial charge in [0.15, 0.2) is 0 Å². The predicted molar refractivity (Wildman–Crippen MR) is 115 cm³/mol. The van der Waals surface area contributed by atoms with E-state index in [1.807, 2.05) is 30.3 Å². The molecule has 0 spiro atoms. The highest BCUT2D eigenvalue weighted by molar-refractivity contribution is 7.12. The molecule has 0 amide bonds. The van der Waals surface area contributed by atoms with E-state index in [1.54, 1.807) is 6.07 Å². The van der Waals surface area contributed by atoms with Crippen molar-refractivity contribution in [1.29, 1.82) is 0 Å². The van der Waals surface area contributed by atoms with Crippen LogP contribution in [0.25, 0.3) is 0 Å². The maximum absolute atomic E-state index is 13.0. The Balaban J connectivity index is 1.68. The van der Waals surface area contributed by atoms with Gasteiger partial charge in [0.05, 0.1) is 12.2 Å². The van der Waals surface area contributed by atoms with Crippen LogP contribution in [0.2, 0.25) is 0 Å². The molecule has 29 heavy (non-hydrogen) atoms. The first-order valence-electron chi connectivity index (χ1n) is 10.2. The van der Waals surface area contributed by atoms with E-state index in [-0.39, 0.29) is 24.2 Å². The predicted octanol–water partition coefficient (Wildman–Crippen LogP) is 5.18. The third kappa shape index (κ3) is 4.31. The van der Waals surface area contributed by atoms with Gasteiger partial charge in [0.25, 0.3) is 0 Å². The van der Waals surface area contributed by atoms with E-state index in [1.165, 1.54) is 16.9 Å². The molecule has 2 atom stereocenters. The van der Waals surface area contributed by atoms with Crippen molar-refractivity contribution in [3.05, 3.63) is 85.6 Å². The quantitative estimate of drug-likeness (QED) is 0.537. The van der Waals surface area contributed by atoms with Gasteiger partial charge in [-0.05, 0) is 49.3 Å². The van der Waals surface area contributed by atoms with E-state index in [9.17, 15) is 15.0 Å². The second kappa shape index (κ2) is 8.56. The van der Waals surface area contributed by atoms with E-state index in [0.29, 0.717) is 17.2 Å². The molecule has 152 valence electrons. The van der Waals surface area contributed by atoms with Crippen molar-refractivity contribution >= 4 is 11.3 Å². The average Bonchev–Trinajstić information content (AvgIpc) is 3.45. The van der Waals surface area contributed by atoms with Crippen LogP contribution in [0, 0.1) is 5.92 Å². The first kappa shape index (κ1) is 19.9. The topological polar surface area (TPSA) is 70.7 Å². The van der Waals surface area contributed by atoms with Gasteiger partial charge in [-0.3, -0.25) is 0 Å². The second-order valence-electron chi connectivity index (χ2n) is 7.81. The minimum Gasteiger partial charge on any atom is -0.507 e. The van der Waals surface area contributed by atoms with E-state index < -0.39 is 5.63 Å². The zero-order valence-electron chi connectivity index (χ0n) is 16.5. The van der Waals surface area contributed by atoms with Crippen LogP contribution in [0.15, 0.2) is 57.7 Å². The summed E-state index contributed by atoms with van der Waals surface area (Å²) in [5.74, 6) is 0.774. The van der Waals surface area contributed by atoms with Gasteiger partial charge >= 0.3 is 5.63 Å². The molecule has 1 aliphatic rings. The van der Waals surface area contributed by atoms with Gasteiger partial charge in [0.2, 0.25) is 0 Å². The smallest absolute Gasteiger partial charge is 0.343 e. The largest absolute Gasteiger partial charge is 0.507 e. The summed E-state index contributed by atoms with van der Waals surface area (Å²) >= 11 is 1.50. The minimum atomic E-state index is -0.442. The van der Waals surface area contributed by atoms with Crippen LogP contribution in [0.4, 0.5) is 0 Å². The number of benzene rings is 1. The molecule has 0 saturated heterocycles. The van der Waals surface area contributed by atoms with Crippen molar-refractivity contribution in [3.63, 3.8) is 0 Å². The van der Waals surface area contributed by atoms with Crippen molar-refractivity contribution in [3.8, 4) is 5.75 Å². The fourth-order valence-corrected chi connectivity index (χ4v) is 5.10. The van der Waals surface area contributed by atoms with Crippen LogP contribution in [-0.4, -0.2) is 10.2 Å². The van der Waals surface area contributed by atoms with Gasteiger partial charge in [-0.15, -0.1) is 11.3 Å². The third-order valence-electron chi connectivity index (χ3n) is 5.75. The Morgan fingerprint density at radius 1 is 1.17 bits per heavy atom. The highest BCUT2D eigenvalue weighted by Crippen LogP contribution is 2.49. The van der Waals surface area contributed by atoms with Gasteiger partial charge in [-0.25, -0.2) is 4.79 Å². The summed E-state index contributed by atoms with van der Waals surface area (Å²) in [7, 11) is 0. The molecule has 0 aliphatic heterocycles. The molecule has 1 fully saturated rings. The molecule has 1 aliphatic carbocycles. The maximum Gasteiger partial charge on any atom is 0.343 e. The summed E-state index contributed by atoms with van der Waals surface area (Å²) in [6.45, 7) is 2.05. The van der Waals surface area contributed by atoms with Crippen LogP contribution in [-0.2, 0) is 13.0 Å². The molecule has 2 aromatic heterocycles. The number of aliphatic hydroxyl groups excluding tert-OH is 1. The molecule has 5 heteroatoms. The minimum absolute atomic E-state index is 0.0146. The lowest BCUT2D eigenvalue weighted by Gasteiger charge is -2.18. The monoisotopic (exact) mass is 410 g/mol. The summed E-state index contributed by atoms with van der Waals surface area (Å²) in [5, 5.41) is 20.2. The van der Waals surface area contributed by atoms with Crippen LogP contribution >= 0.6 is 11.3 Å². The van der Waals surface area contributed by atoms with Crippen molar-refractivity contribution < 1.29 is 14.6 Å². The van der Waals surface area contributed by atoms with Gasteiger partial charge in [-0.2, -0.15) is 0 Å². The third-order valence-corrected chi connectivity index (χ3v) is 6.91. The molecule has 2 unspecified atom stereocenters. The first-order valence-corrected chi connectivity index (χ1v) is 11.0. The maximum atomic E-state index is 13.0. The molecule has 3 aromatic rings. The molecule has 1 aromatic carbocycles. The fraction of sp³-hybridized carbons (Fsp3) is 0.375. The summed E-state index contributed by atoms with van der Waals surface area (Å²) < 4.78 is 5.77. The lowest BCUT2D eigenvalue weighted by atomic mass is 9.90. The highest BCUT2D eigenvalue weighted by atomic mass is 32.1. The Kier molecular flexibility index (Phi) is 5.88. The Morgan fingerprint density at radius 3 is 2.52 bits per heavy atom. The standard InChI is InChI=1S/C24H26O4S/c1-2-16(12-15-6-4-3-5-7-15)20-13-19(26)23(24(27)28-20)22(17-8-9-17)21-11-10-18(14-25)29-21/h3-7,10-11,13,16-17,22,25-26H,2,8-9,12,14H2,1H3. The van der Waals surface area contributed by atoms with E-state index in [4.69, 9.17) is 4.42 Å². The Labute approximate surface area is 174 Å². The Bertz CT molecular complexity index is 1020. The average molecular weight is 411 g/mol. The molecule has 0 radical (unpaired) electrons. The molecule has 4 nitrogen and oxygen atoms in total. The highest BCUT2D eigenvalue weighted by Gasteiger charge is 2.38. The van der Waals surface area contributed by atoms with Crippen LogP contribution < -0.4 is 5.63 Å². The lowest BCUT2D eigenvalue weighted by molar-refractivity contribution is 0.285. The van der Waals surface area contributed by atoms with E-state index in [0.717, 1.165) is 35.4 Å². The Hall–Kier alpha value is -2.37. The van der Waals surface area contributed by atoms with Gasteiger partial charge < -0.3 is 14.6 Å². The van der Waals surface area contributed by atoms with Crippen molar-refractivity contribution in [2.45, 2.75) is 51.0 Å². The van der Waals surface area contributed by atoms with Crippen molar-refractivity contribution in [2.24, 2.45) is 5.92 Å². The number of aliphatic hydroxyl groups is 1. The van der Waals surface area contributed by atoms with Gasteiger partial charge in [0.1, 0.15) is 11.5 Å².